The topological polar surface area (TPSA) is 126 Å². The fourth-order valence-corrected chi connectivity index (χ4v) is 5.19. The van der Waals surface area contributed by atoms with Gasteiger partial charge in [-0.2, -0.15) is 0 Å². The van der Waals surface area contributed by atoms with Crippen LogP contribution in [0.1, 0.15) is 31.2 Å². The van der Waals surface area contributed by atoms with Crippen LogP contribution in [0.2, 0.25) is 0 Å². The molecule has 0 fully saturated rings. The van der Waals surface area contributed by atoms with Gasteiger partial charge in [-0.25, -0.2) is 9.79 Å². The van der Waals surface area contributed by atoms with Crippen LogP contribution in [0, 0.1) is 10.1 Å². The van der Waals surface area contributed by atoms with Crippen LogP contribution in [0.5, 0.6) is 5.75 Å². The number of benzene rings is 1. The summed E-state index contributed by atoms with van der Waals surface area (Å²) in [5, 5.41) is 10.9. The maximum atomic E-state index is 13.5. The van der Waals surface area contributed by atoms with E-state index in [4.69, 9.17) is 13.9 Å². The predicted octanol–water partition coefficient (Wildman–Crippen LogP) is 3.07. The number of ether oxygens (including phenoxy) is 2. The van der Waals surface area contributed by atoms with E-state index in [1.807, 2.05) is 0 Å². The Labute approximate surface area is 204 Å². The van der Waals surface area contributed by atoms with E-state index in [9.17, 15) is 19.7 Å². The van der Waals surface area contributed by atoms with Gasteiger partial charge < -0.3 is 13.9 Å². The molecular formula is C22H18BrN3O7S. The Morgan fingerprint density at radius 2 is 2.15 bits per heavy atom. The van der Waals surface area contributed by atoms with Gasteiger partial charge in [0.15, 0.2) is 4.80 Å². The summed E-state index contributed by atoms with van der Waals surface area (Å²) in [6.07, 6.45) is 1.42. The molecule has 34 heavy (non-hydrogen) atoms. The minimum atomic E-state index is -0.800. The molecule has 0 aliphatic carbocycles. The van der Waals surface area contributed by atoms with Gasteiger partial charge in [0.05, 0.1) is 46.1 Å². The molecule has 176 valence electrons. The van der Waals surface area contributed by atoms with Gasteiger partial charge >= 0.3 is 11.9 Å². The van der Waals surface area contributed by atoms with Gasteiger partial charge in [-0.1, -0.05) is 17.4 Å². The molecule has 1 atom stereocenters. The lowest BCUT2D eigenvalue weighted by Gasteiger charge is -2.25. The SMILES string of the molecule is CCOC(=O)C1=C(C)N=c2s/c(=C/c3ccc([N+](=O)[O-])o3)c(=O)n2[C@H]1c1ccc(OC)c(Br)c1. The van der Waals surface area contributed by atoms with Crippen molar-refractivity contribution in [1.29, 1.82) is 0 Å². The molecule has 2 aromatic heterocycles. The van der Waals surface area contributed by atoms with Crippen LogP contribution in [0.25, 0.3) is 6.08 Å². The van der Waals surface area contributed by atoms with Crippen LogP contribution in [0.3, 0.4) is 0 Å². The second-order valence-corrected chi connectivity index (χ2v) is 8.99. The number of furan rings is 1. The third kappa shape index (κ3) is 4.21. The van der Waals surface area contributed by atoms with Crippen molar-refractivity contribution in [3.8, 4) is 5.75 Å². The average Bonchev–Trinajstić information content (AvgIpc) is 3.38. The van der Waals surface area contributed by atoms with Crippen molar-refractivity contribution < 1.29 is 23.6 Å². The van der Waals surface area contributed by atoms with Crippen LogP contribution < -0.4 is 19.6 Å². The molecule has 1 aliphatic heterocycles. The second-order valence-electron chi connectivity index (χ2n) is 7.13. The number of esters is 1. The summed E-state index contributed by atoms with van der Waals surface area (Å²) in [6.45, 7) is 3.55. The number of allylic oxidation sites excluding steroid dienone is 1. The molecule has 12 heteroatoms. The summed E-state index contributed by atoms with van der Waals surface area (Å²) in [6, 6.07) is 7.08. The van der Waals surface area contributed by atoms with E-state index >= 15 is 0 Å². The van der Waals surface area contributed by atoms with Crippen LogP contribution >= 0.6 is 27.3 Å². The number of nitrogens with zero attached hydrogens (tertiary/aromatic N) is 3. The van der Waals surface area contributed by atoms with E-state index in [1.165, 1.54) is 29.9 Å². The summed E-state index contributed by atoms with van der Waals surface area (Å²) in [5.41, 5.74) is 0.892. The first-order valence-electron chi connectivity index (χ1n) is 10.0. The number of hydrogen-bond acceptors (Lipinski definition) is 9. The van der Waals surface area contributed by atoms with Crippen molar-refractivity contribution in [2.24, 2.45) is 4.99 Å². The van der Waals surface area contributed by atoms with Crippen molar-refractivity contribution in [2.45, 2.75) is 19.9 Å². The standard InChI is InChI=1S/C22H18BrN3O7S/c1-4-32-21(28)18-11(2)24-22-25(19(18)12-5-7-15(31-3)14(23)9-12)20(27)16(34-22)10-13-6-8-17(33-13)26(29)30/h5-10,19H,4H2,1-3H3/b16-10+/t19-/m0/s1. The van der Waals surface area contributed by atoms with Gasteiger partial charge in [-0.15, -0.1) is 0 Å². The van der Waals surface area contributed by atoms with E-state index in [1.54, 1.807) is 32.0 Å². The molecule has 10 nitrogen and oxygen atoms in total. The van der Waals surface area contributed by atoms with E-state index < -0.39 is 28.4 Å². The lowest BCUT2D eigenvalue weighted by atomic mass is 9.96. The fourth-order valence-electron chi connectivity index (χ4n) is 3.61. The van der Waals surface area contributed by atoms with Gasteiger partial charge in [-0.05, 0) is 53.5 Å². The number of halogens is 1. The number of aromatic nitrogens is 1. The largest absolute Gasteiger partial charge is 0.496 e. The minimum Gasteiger partial charge on any atom is -0.496 e. The van der Waals surface area contributed by atoms with Crippen molar-refractivity contribution in [3.05, 3.63) is 87.2 Å². The molecule has 3 heterocycles. The van der Waals surface area contributed by atoms with Gasteiger partial charge in [0.1, 0.15) is 16.4 Å². The number of hydrogen-bond donors (Lipinski definition) is 0. The van der Waals surface area contributed by atoms with Crippen molar-refractivity contribution >= 4 is 45.2 Å². The summed E-state index contributed by atoms with van der Waals surface area (Å²) < 4.78 is 18.1. The molecular weight excluding hydrogens is 530 g/mol. The average molecular weight is 548 g/mol. The van der Waals surface area contributed by atoms with Gasteiger partial charge in [0.25, 0.3) is 5.56 Å². The molecule has 4 rings (SSSR count). The highest BCUT2D eigenvalue weighted by Gasteiger charge is 2.33. The number of nitro groups is 1. The first-order valence-corrected chi connectivity index (χ1v) is 11.6. The maximum Gasteiger partial charge on any atom is 0.433 e. The van der Waals surface area contributed by atoms with Gasteiger partial charge in [0.2, 0.25) is 0 Å². The molecule has 3 aromatic rings. The zero-order valence-corrected chi connectivity index (χ0v) is 20.6. The molecule has 0 unspecified atom stereocenters. The molecule has 1 aromatic carbocycles. The third-order valence-electron chi connectivity index (χ3n) is 5.07. The number of thiazole rings is 1. The third-order valence-corrected chi connectivity index (χ3v) is 6.68. The van der Waals surface area contributed by atoms with Crippen molar-refractivity contribution in [1.82, 2.24) is 4.57 Å². The summed E-state index contributed by atoms with van der Waals surface area (Å²) >= 11 is 4.55. The van der Waals surface area contributed by atoms with Gasteiger partial charge in [0, 0.05) is 6.08 Å². The van der Waals surface area contributed by atoms with Crippen molar-refractivity contribution in [2.75, 3.05) is 13.7 Å². The summed E-state index contributed by atoms with van der Waals surface area (Å²) in [4.78, 5) is 41.5. The maximum absolute atomic E-state index is 13.5. The van der Waals surface area contributed by atoms with Crippen LogP contribution in [-0.4, -0.2) is 29.2 Å². The molecule has 0 radical (unpaired) electrons. The number of rotatable bonds is 6. The summed E-state index contributed by atoms with van der Waals surface area (Å²) in [7, 11) is 1.54. The Morgan fingerprint density at radius 3 is 2.76 bits per heavy atom. The first kappa shape index (κ1) is 23.6. The Balaban J connectivity index is 1.94. The Bertz CT molecular complexity index is 1520. The fraction of sp³-hybridized carbons (Fsp3) is 0.227. The van der Waals surface area contributed by atoms with E-state index in [0.717, 1.165) is 11.3 Å². The highest BCUT2D eigenvalue weighted by Crippen LogP contribution is 2.35. The van der Waals surface area contributed by atoms with Crippen LogP contribution in [0.4, 0.5) is 5.88 Å². The number of fused-ring (bicyclic) bond motifs is 1. The Hall–Kier alpha value is -3.51. The normalized spacial score (nSPS) is 15.6. The lowest BCUT2D eigenvalue weighted by molar-refractivity contribution is -0.402. The predicted molar refractivity (Wildman–Crippen MR) is 126 cm³/mol. The smallest absolute Gasteiger partial charge is 0.433 e. The quantitative estimate of drug-likeness (QED) is 0.263. The molecule has 0 N–H and O–H groups in total. The monoisotopic (exact) mass is 547 g/mol. The zero-order chi connectivity index (χ0) is 24.6. The molecule has 0 saturated carbocycles. The number of carbonyl (C=O) groups is 1. The highest BCUT2D eigenvalue weighted by atomic mass is 79.9. The van der Waals surface area contributed by atoms with E-state index in [2.05, 4.69) is 20.9 Å². The minimum absolute atomic E-state index is 0.155. The number of carbonyl (C=O) groups excluding carboxylic acids is 1. The van der Waals surface area contributed by atoms with Gasteiger partial charge in [-0.3, -0.25) is 19.5 Å². The molecule has 0 amide bonds. The summed E-state index contributed by atoms with van der Waals surface area (Å²) in [5.74, 6) is -0.256. The lowest BCUT2D eigenvalue weighted by Crippen LogP contribution is -2.39. The number of methoxy groups -OCH3 is 1. The zero-order valence-electron chi connectivity index (χ0n) is 18.2. The molecule has 1 aliphatic rings. The first-order chi connectivity index (χ1) is 16.2. The Kier molecular flexibility index (Phi) is 6.53. The Morgan fingerprint density at radius 1 is 1.38 bits per heavy atom. The highest BCUT2D eigenvalue weighted by molar-refractivity contribution is 9.10. The van der Waals surface area contributed by atoms with Crippen molar-refractivity contribution in [3.63, 3.8) is 0 Å². The second kappa shape index (κ2) is 9.39. The molecule has 0 bridgehead atoms. The van der Waals surface area contributed by atoms with Crippen LogP contribution in [0.15, 0.2) is 60.3 Å². The molecule has 0 spiro atoms. The molecule has 0 saturated heterocycles. The van der Waals surface area contributed by atoms with E-state index in [0.29, 0.717) is 26.3 Å². The van der Waals surface area contributed by atoms with Crippen LogP contribution in [-0.2, 0) is 9.53 Å². The van der Waals surface area contributed by atoms with E-state index in [-0.39, 0.29) is 22.5 Å².